The SMILES string of the molecule is CONC(=O)Nc1nc2c(s1)CN(c1cnc(OC)c(OC)c1)CC2. The van der Waals surface area contributed by atoms with Crippen molar-refractivity contribution < 1.29 is 19.1 Å². The number of carbonyl (C=O) groups is 1. The molecule has 25 heavy (non-hydrogen) atoms. The van der Waals surface area contributed by atoms with Crippen molar-refractivity contribution in [2.45, 2.75) is 13.0 Å². The number of anilines is 2. The van der Waals surface area contributed by atoms with E-state index < -0.39 is 6.03 Å². The molecule has 134 valence electrons. The van der Waals surface area contributed by atoms with Crippen LogP contribution in [0.2, 0.25) is 0 Å². The molecule has 0 atom stereocenters. The van der Waals surface area contributed by atoms with Crippen LogP contribution in [-0.2, 0) is 17.8 Å². The van der Waals surface area contributed by atoms with Crippen LogP contribution in [0.4, 0.5) is 15.6 Å². The third-order valence-corrected chi connectivity index (χ3v) is 4.73. The number of pyridine rings is 1. The zero-order valence-electron chi connectivity index (χ0n) is 14.2. The van der Waals surface area contributed by atoms with E-state index in [4.69, 9.17) is 9.47 Å². The summed E-state index contributed by atoms with van der Waals surface area (Å²) in [6.07, 6.45) is 2.55. The summed E-state index contributed by atoms with van der Waals surface area (Å²) in [6, 6.07) is 1.46. The standard InChI is InChI=1S/C15H19N5O4S/c1-22-11-6-9(7-16-13(11)23-2)20-5-4-10-12(8-20)25-15(17-10)18-14(21)19-24-3/h6-7H,4-5,8H2,1-3H3,(H2,17,18,19,21). The van der Waals surface area contributed by atoms with Gasteiger partial charge >= 0.3 is 6.03 Å². The number of aromatic nitrogens is 2. The number of urea groups is 1. The van der Waals surface area contributed by atoms with Crippen LogP contribution >= 0.6 is 11.3 Å². The molecule has 2 N–H and O–H groups in total. The Morgan fingerprint density at radius 3 is 2.88 bits per heavy atom. The van der Waals surface area contributed by atoms with E-state index in [1.54, 1.807) is 20.4 Å². The van der Waals surface area contributed by atoms with Crippen LogP contribution < -0.4 is 25.2 Å². The second-order valence-electron chi connectivity index (χ2n) is 5.23. The predicted molar refractivity (Wildman–Crippen MR) is 93.4 cm³/mol. The number of hydrogen-bond acceptors (Lipinski definition) is 8. The van der Waals surface area contributed by atoms with Gasteiger partial charge in [0.2, 0.25) is 0 Å². The molecule has 3 rings (SSSR count). The lowest BCUT2D eigenvalue weighted by Gasteiger charge is -2.28. The minimum atomic E-state index is -0.449. The van der Waals surface area contributed by atoms with E-state index in [0.717, 1.165) is 29.2 Å². The van der Waals surface area contributed by atoms with E-state index in [1.807, 2.05) is 6.07 Å². The molecule has 2 aromatic heterocycles. The van der Waals surface area contributed by atoms with Crippen LogP contribution in [-0.4, -0.2) is 43.9 Å². The first kappa shape index (κ1) is 17.2. The molecule has 1 aliphatic rings. The van der Waals surface area contributed by atoms with Crippen LogP contribution in [0.15, 0.2) is 12.3 Å². The maximum Gasteiger partial charge on any atom is 0.344 e. The van der Waals surface area contributed by atoms with Gasteiger partial charge in [-0.3, -0.25) is 10.2 Å². The molecular weight excluding hydrogens is 346 g/mol. The molecule has 1 aliphatic heterocycles. The zero-order valence-corrected chi connectivity index (χ0v) is 15.0. The van der Waals surface area contributed by atoms with Crippen molar-refractivity contribution in [3.63, 3.8) is 0 Å². The van der Waals surface area contributed by atoms with Crippen molar-refractivity contribution in [2.75, 3.05) is 38.1 Å². The van der Waals surface area contributed by atoms with E-state index in [1.165, 1.54) is 18.4 Å². The van der Waals surface area contributed by atoms with Gasteiger partial charge in [0.25, 0.3) is 5.88 Å². The highest BCUT2D eigenvalue weighted by Gasteiger charge is 2.22. The fraction of sp³-hybridized carbons (Fsp3) is 0.400. The zero-order chi connectivity index (χ0) is 17.8. The minimum Gasteiger partial charge on any atom is -0.491 e. The molecule has 0 saturated heterocycles. The Bertz CT molecular complexity index is 766. The van der Waals surface area contributed by atoms with E-state index in [-0.39, 0.29) is 0 Å². The van der Waals surface area contributed by atoms with Crippen molar-refractivity contribution in [1.29, 1.82) is 0 Å². The van der Waals surface area contributed by atoms with E-state index in [0.29, 0.717) is 23.3 Å². The summed E-state index contributed by atoms with van der Waals surface area (Å²) in [4.78, 5) is 28.1. The molecular formula is C15H19N5O4S. The molecule has 0 aliphatic carbocycles. The number of amides is 2. The summed E-state index contributed by atoms with van der Waals surface area (Å²) < 4.78 is 10.5. The number of ether oxygens (including phenoxy) is 2. The maximum atomic E-state index is 11.5. The molecule has 0 aromatic carbocycles. The third kappa shape index (κ3) is 3.74. The molecule has 2 amide bonds. The van der Waals surface area contributed by atoms with Crippen LogP contribution in [0.3, 0.4) is 0 Å². The summed E-state index contributed by atoms with van der Waals surface area (Å²) in [5.41, 5.74) is 4.15. The second-order valence-corrected chi connectivity index (χ2v) is 6.31. The lowest BCUT2D eigenvalue weighted by molar-refractivity contribution is 0.114. The number of hydroxylamine groups is 1. The Morgan fingerprint density at radius 2 is 2.16 bits per heavy atom. The van der Waals surface area contributed by atoms with Gasteiger partial charge in [0.1, 0.15) is 0 Å². The number of methoxy groups -OCH3 is 2. The van der Waals surface area contributed by atoms with Gasteiger partial charge < -0.3 is 14.4 Å². The summed E-state index contributed by atoms with van der Waals surface area (Å²) >= 11 is 1.45. The van der Waals surface area contributed by atoms with Crippen molar-refractivity contribution in [3.05, 3.63) is 22.8 Å². The third-order valence-electron chi connectivity index (χ3n) is 3.73. The van der Waals surface area contributed by atoms with Crippen molar-refractivity contribution in [3.8, 4) is 11.6 Å². The quantitative estimate of drug-likeness (QED) is 0.780. The number of nitrogens with zero attached hydrogens (tertiary/aromatic N) is 3. The summed E-state index contributed by atoms with van der Waals surface area (Å²) in [7, 11) is 4.52. The van der Waals surface area contributed by atoms with Crippen molar-refractivity contribution in [1.82, 2.24) is 15.4 Å². The highest BCUT2D eigenvalue weighted by molar-refractivity contribution is 7.15. The van der Waals surface area contributed by atoms with Crippen LogP contribution in [0.1, 0.15) is 10.6 Å². The molecule has 2 aromatic rings. The highest BCUT2D eigenvalue weighted by atomic mass is 32.1. The topological polar surface area (TPSA) is 97.8 Å². The van der Waals surface area contributed by atoms with Gasteiger partial charge in [0.15, 0.2) is 10.9 Å². The van der Waals surface area contributed by atoms with E-state index in [2.05, 4.69) is 30.5 Å². The molecule has 9 nitrogen and oxygen atoms in total. The minimum absolute atomic E-state index is 0.449. The summed E-state index contributed by atoms with van der Waals surface area (Å²) in [5, 5.41) is 3.20. The average molecular weight is 365 g/mol. The fourth-order valence-corrected chi connectivity index (χ4v) is 3.60. The Morgan fingerprint density at radius 1 is 1.32 bits per heavy atom. The molecule has 0 bridgehead atoms. The molecule has 0 saturated carbocycles. The van der Waals surface area contributed by atoms with E-state index in [9.17, 15) is 4.79 Å². The first-order valence-corrected chi connectivity index (χ1v) is 8.37. The Hall–Kier alpha value is -2.59. The monoisotopic (exact) mass is 365 g/mol. The van der Waals surface area contributed by atoms with Gasteiger partial charge in [-0.1, -0.05) is 11.3 Å². The lowest BCUT2D eigenvalue weighted by atomic mass is 10.1. The number of hydrogen-bond donors (Lipinski definition) is 2. The van der Waals surface area contributed by atoms with Gasteiger partial charge in [-0.25, -0.2) is 20.2 Å². The molecule has 0 unspecified atom stereocenters. The average Bonchev–Trinajstić information content (AvgIpc) is 3.02. The predicted octanol–water partition coefficient (Wildman–Crippen LogP) is 1.80. The van der Waals surface area contributed by atoms with Crippen molar-refractivity contribution >= 4 is 28.2 Å². The van der Waals surface area contributed by atoms with Crippen LogP contribution in [0, 0.1) is 0 Å². The molecule has 0 spiro atoms. The second kappa shape index (κ2) is 7.53. The lowest BCUT2D eigenvalue weighted by Crippen LogP contribution is -2.29. The molecule has 3 heterocycles. The molecule has 0 radical (unpaired) electrons. The first-order valence-electron chi connectivity index (χ1n) is 7.56. The van der Waals surface area contributed by atoms with Gasteiger partial charge in [0, 0.05) is 23.9 Å². The van der Waals surface area contributed by atoms with Crippen LogP contribution in [0.5, 0.6) is 11.6 Å². The largest absolute Gasteiger partial charge is 0.491 e. The Kier molecular flexibility index (Phi) is 5.19. The Balaban J connectivity index is 1.75. The number of fused-ring (bicyclic) bond motifs is 1. The number of rotatable bonds is 5. The van der Waals surface area contributed by atoms with Gasteiger partial charge in [-0.2, -0.15) is 0 Å². The summed E-state index contributed by atoms with van der Waals surface area (Å²) in [6.45, 7) is 1.50. The fourth-order valence-electron chi connectivity index (χ4n) is 2.58. The molecule has 0 fully saturated rings. The Labute approximate surface area is 148 Å². The first-order chi connectivity index (χ1) is 12.1. The maximum absolute atomic E-state index is 11.5. The normalized spacial score (nSPS) is 13.2. The van der Waals surface area contributed by atoms with Crippen molar-refractivity contribution in [2.24, 2.45) is 0 Å². The highest BCUT2D eigenvalue weighted by Crippen LogP contribution is 2.33. The van der Waals surface area contributed by atoms with Gasteiger partial charge in [-0.05, 0) is 0 Å². The number of thiazole rings is 1. The molecule has 10 heteroatoms. The van der Waals surface area contributed by atoms with Crippen LogP contribution in [0.25, 0.3) is 0 Å². The smallest absolute Gasteiger partial charge is 0.344 e. The van der Waals surface area contributed by atoms with E-state index >= 15 is 0 Å². The van der Waals surface area contributed by atoms with Gasteiger partial charge in [-0.15, -0.1) is 0 Å². The summed E-state index contributed by atoms with van der Waals surface area (Å²) in [5.74, 6) is 1.05. The van der Waals surface area contributed by atoms with Gasteiger partial charge in [0.05, 0.1) is 45.5 Å². The number of carbonyl (C=O) groups excluding carboxylic acids is 1. The number of nitrogens with one attached hydrogen (secondary N) is 2.